The zero-order valence-corrected chi connectivity index (χ0v) is 17.3. The van der Waals surface area contributed by atoms with Gasteiger partial charge in [-0.3, -0.25) is 4.99 Å². The molecule has 27 heavy (non-hydrogen) atoms. The average molecular weight is 378 g/mol. The molecule has 1 aliphatic heterocycles. The summed E-state index contributed by atoms with van der Waals surface area (Å²) >= 11 is 0. The zero-order chi connectivity index (χ0) is 19.5. The fraction of sp³-hybridized carbons (Fsp3) is 0.667. The molecular weight excluding hydrogens is 342 g/mol. The van der Waals surface area contributed by atoms with Gasteiger partial charge < -0.3 is 24.8 Å². The van der Waals surface area contributed by atoms with Crippen molar-refractivity contribution < 1.29 is 14.2 Å². The van der Waals surface area contributed by atoms with E-state index in [2.05, 4.69) is 43.5 Å². The molecule has 152 valence electrons. The van der Waals surface area contributed by atoms with E-state index in [0.717, 1.165) is 56.6 Å². The number of nitrogens with one attached hydrogen (secondary N) is 2. The maximum atomic E-state index is 5.72. The van der Waals surface area contributed by atoms with Crippen LogP contribution in [-0.4, -0.2) is 52.0 Å². The minimum Gasteiger partial charge on any atom is -0.486 e. The highest BCUT2D eigenvalue weighted by Crippen LogP contribution is 2.35. The van der Waals surface area contributed by atoms with E-state index in [4.69, 9.17) is 19.2 Å². The van der Waals surface area contributed by atoms with Crippen molar-refractivity contribution in [1.29, 1.82) is 0 Å². The van der Waals surface area contributed by atoms with Crippen LogP contribution in [0.1, 0.15) is 46.1 Å². The first-order valence-electron chi connectivity index (χ1n) is 10.1. The van der Waals surface area contributed by atoms with Crippen molar-refractivity contribution in [3.05, 3.63) is 23.8 Å². The monoisotopic (exact) mass is 377 g/mol. The van der Waals surface area contributed by atoms with E-state index in [-0.39, 0.29) is 5.41 Å². The Bertz CT molecular complexity index is 602. The van der Waals surface area contributed by atoms with Gasteiger partial charge in [0.15, 0.2) is 17.5 Å². The Hall–Kier alpha value is -1.95. The van der Waals surface area contributed by atoms with E-state index in [0.29, 0.717) is 19.8 Å². The lowest BCUT2D eigenvalue weighted by Crippen LogP contribution is -2.39. The molecule has 6 nitrogen and oxygen atoms in total. The minimum atomic E-state index is -0.104. The number of ether oxygens (including phenoxy) is 3. The number of nitrogens with zero attached hydrogens (tertiary/aromatic N) is 1. The maximum Gasteiger partial charge on any atom is 0.191 e. The summed E-state index contributed by atoms with van der Waals surface area (Å²) in [5.74, 6) is 2.51. The summed E-state index contributed by atoms with van der Waals surface area (Å²) in [5, 5.41) is 6.73. The molecule has 1 aliphatic rings. The van der Waals surface area contributed by atoms with E-state index in [1.807, 2.05) is 13.0 Å². The molecular formula is C21H35N3O3. The van der Waals surface area contributed by atoms with Gasteiger partial charge in [-0.1, -0.05) is 19.9 Å². The summed E-state index contributed by atoms with van der Waals surface area (Å²) in [6.07, 6.45) is 2.12. The van der Waals surface area contributed by atoms with E-state index in [1.165, 1.54) is 5.56 Å². The van der Waals surface area contributed by atoms with E-state index < -0.39 is 0 Å². The predicted molar refractivity (Wildman–Crippen MR) is 110 cm³/mol. The van der Waals surface area contributed by atoms with Crippen LogP contribution in [0.25, 0.3) is 0 Å². The minimum absolute atomic E-state index is 0.104. The molecule has 0 saturated carbocycles. The van der Waals surface area contributed by atoms with Crippen LogP contribution in [0.5, 0.6) is 11.5 Å². The number of hydrogen-bond acceptors (Lipinski definition) is 4. The maximum absolute atomic E-state index is 5.72. The quantitative estimate of drug-likeness (QED) is 0.373. The van der Waals surface area contributed by atoms with Crippen molar-refractivity contribution in [2.45, 2.75) is 46.0 Å². The van der Waals surface area contributed by atoms with Crippen LogP contribution in [0.3, 0.4) is 0 Å². The number of rotatable bonds is 10. The van der Waals surface area contributed by atoms with Gasteiger partial charge in [-0.2, -0.15) is 0 Å². The van der Waals surface area contributed by atoms with Gasteiger partial charge >= 0.3 is 0 Å². The number of aliphatic imine (C=N–C) groups is 1. The molecule has 1 aromatic rings. The topological polar surface area (TPSA) is 64.1 Å². The Labute approximate surface area is 163 Å². The summed E-state index contributed by atoms with van der Waals surface area (Å²) in [7, 11) is 0. The van der Waals surface area contributed by atoms with Gasteiger partial charge in [0.05, 0.1) is 6.54 Å². The smallest absolute Gasteiger partial charge is 0.191 e. The molecule has 0 unspecified atom stereocenters. The first-order chi connectivity index (χ1) is 13.1. The highest BCUT2D eigenvalue weighted by atomic mass is 16.6. The zero-order valence-electron chi connectivity index (χ0n) is 17.3. The molecule has 2 N–H and O–H groups in total. The predicted octanol–water partition coefficient (Wildman–Crippen LogP) is 3.11. The molecule has 0 aromatic heterocycles. The van der Waals surface area contributed by atoms with Gasteiger partial charge in [-0.05, 0) is 44.4 Å². The third-order valence-corrected chi connectivity index (χ3v) is 4.51. The fourth-order valence-electron chi connectivity index (χ4n) is 2.85. The molecule has 0 saturated heterocycles. The van der Waals surface area contributed by atoms with Gasteiger partial charge in [0.1, 0.15) is 13.2 Å². The lowest BCUT2D eigenvalue weighted by Gasteiger charge is -2.26. The van der Waals surface area contributed by atoms with Crippen molar-refractivity contribution in [2.24, 2.45) is 4.99 Å². The molecule has 1 aromatic carbocycles. The van der Waals surface area contributed by atoms with E-state index in [9.17, 15) is 0 Å². The highest BCUT2D eigenvalue weighted by Gasteiger charge is 2.23. The van der Waals surface area contributed by atoms with Crippen molar-refractivity contribution in [1.82, 2.24) is 10.6 Å². The van der Waals surface area contributed by atoms with Crippen molar-refractivity contribution >= 4 is 5.96 Å². The lowest BCUT2D eigenvalue weighted by atomic mass is 9.84. The molecule has 0 atom stereocenters. The number of fused-ring (bicyclic) bond motifs is 1. The van der Waals surface area contributed by atoms with Crippen LogP contribution in [0, 0.1) is 0 Å². The van der Waals surface area contributed by atoms with Crippen LogP contribution in [0.4, 0.5) is 0 Å². The Morgan fingerprint density at radius 1 is 1.11 bits per heavy atom. The van der Waals surface area contributed by atoms with Crippen LogP contribution < -0.4 is 20.1 Å². The van der Waals surface area contributed by atoms with Gasteiger partial charge in [-0.15, -0.1) is 0 Å². The molecule has 0 amide bonds. The summed E-state index contributed by atoms with van der Waals surface area (Å²) in [4.78, 5) is 4.80. The second-order valence-corrected chi connectivity index (χ2v) is 7.27. The third-order valence-electron chi connectivity index (χ3n) is 4.51. The largest absolute Gasteiger partial charge is 0.486 e. The lowest BCUT2D eigenvalue weighted by molar-refractivity contribution is 0.143. The average Bonchev–Trinajstić information content (AvgIpc) is 2.68. The highest BCUT2D eigenvalue weighted by molar-refractivity contribution is 5.79. The van der Waals surface area contributed by atoms with Crippen LogP contribution in [0.2, 0.25) is 0 Å². The van der Waals surface area contributed by atoms with Crippen LogP contribution in [0.15, 0.2) is 23.2 Å². The fourth-order valence-corrected chi connectivity index (χ4v) is 2.85. The van der Waals surface area contributed by atoms with E-state index in [1.54, 1.807) is 0 Å². The van der Waals surface area contributed by atoms with Crippen LogP contribution in [-0.2, 0) is 10.2 Å². The summed E-state index contributed by atoms with van der Waals surface area (Å²) in [6.45, 7) is 13.8. The number of benzene rings is 1. The normalized spacial score (nSPS) is 14.1. The summed E-state index contributed by atoms with van der Waals surface area (Å²) in [5.41, 5.74) is 1.09. The van der Waals surface area contributed by atoms with Gasteiger partial charge in [0.2, 0.25) is 0 Å². The third kappa shape index (κ3) is 6.94. The van der Waals surface area contributed by atoms with Crippen LogP contribution >= 0.6 is 0 Å². The first-order valence-corrected chi connectivity index (χ1v) is 10.1. The van der Waals surface area contributed by atoms with Gasteiger partial charge in [0, 0.05) is 31.7 Å². The molecule has 6 heteroatoms. The van der Waals surface area contributed by atoms with E-state index >= 15 is 0 Å². The molecule has 0 fully saturated rings. The SMILES string of the molecule is CCNC(=NCC(C)(C)c1ccc2c(c1)OCCO2)NCCCCOCC. The Kier molecular flexibility index (Phi) is 8.72. The summed E-state index contributed by atoms with van der Waals surface area (Å²) < 4.78 is 16.7. The number of unbranched alkanes of at least 4 members (excludes halogenated alkanes) is 1. The molecule has 0 spiro atoms. The Morgan fingerprint density at radius 3 is 2.63 bits per heavy atom. The van der Waals surface area contributed by atoms with Crippen molar-refractivity contribution in [3.63, 3.8) is 0 Å². The van der Waals surface area contributed by atoms with Gasteiger partial charge in [-0.25, -0.2) is 0 Å². The first kappa shape index (κ1) is 21.4. The van der Waals surface area contributed by atoms with Crippen molar-refractivity contribution in [2.75, 3.05) is 46.1 Å². The Balaban J connectivity index is 1.92. The second kappa shape index (κ2) is 11.0. The van der Waals surface area contributed by atoms with Gasteiger partial charge in [0.25, 0.3) is 0 Å². The molecule has 0 radical (unpaired) electrons. The number of guanidine groups is 1. The molecule has 1 heterocycles. The molecule has 0 aliphatic carbocycles. The number of hydrogen-bond donors (Lipinski definition) is 2. The molecule has 2 rings (SSSR count). The van der Waals surface area contributed by atoms with Crippen molar-refractivity contribution in [3.8, 4) is 11.5 Å². The molecule has 0 bridgehead atoms. The Morgan fingerprint density at radius 2 is 1.89 bits per heavy atom. The summed E-state index contributed by atoms with van der Waals surface area (Å²) in [6, 6.07) is 6.19. The standard InChI is InChI=1S/C21H35N3O3/c1-5-22-20(23-11-7-8-12-25-6-2)24-16-21(3,4)17-9-10-18-19(15-17)27-14-13-26-18/h9-10,15H,5-8,11-14,16H2,1-4H3,(H2,22,23,24). The second-order valence-electron chi connectivity index (χ2n) is 7.27.